The first-order chi connectivity index (χ1) is 15.9. The predicted octanol–water partition coefficient (Wildman–Crippen LogP) is 4.21. The van der Waals surface area contributed by atoms with E-state index in [2.05, 4.69) is 37.1 Å². The van der Waals surface area contributed by atoms with Gasteiger partial charge in [0.05, 0.1) is 16.9 Å². The summed E-state index contributed by atoms with van der Waals surface area (Å²) < 4.78 is 6.32. The second-order valence-electron chi connectivity index (χ2n) is 6.52. The van der Waals surface area contributed by atoms with Crippen LogP contribution < -0.4 is 20.8 Å². The number of carbonyl (C=O) groups excluding carboxylic acids is 3. The fourth-order valence-corrected chi connectivity index (χ4v) is 3.13. The summed E-state index contributed by atoms with van der Waals surface area (Å²) in [5.74, 6) is -1.88. The molecular formula is C23H18BrClN4O4. The van der Waals surface area contributed by atoms with Gasteiger partial charge in [-0.3, -0.25) is 14.4 Å². The highest BCUT2D eigenvalue weighted by molar-refractivity contribution is 9.10. The standard InChI is InChI=1S/C23H18BrClN4O4/c24-16-10-11-20(33-14-21(30)27-17-6-2-1-3-7-17)15(12-16)13-26-29-23(32)22(31)28-19-9-5-4-8-18(19)25/h1-13H,14H2,(H,27,30)(H,28,31)(H,29,32)/b26-13-. The minimum Gasteiger partial charge on any atom is -0.483 e. The number of hydrogen-bond donors (Lipinski definition) is 3. The Morgan fingerprint density at radius 1 is 0.939 bits per heavy atom. The van der Waals surface area contributed by atoms with Gasteiger partial charge in [0.1, 0.15) is 5.75 Å². The first-order valence-electron chi connectivity index (χ1n) is 9.58. The number of nitrogens with one attached hydrogen (secondary N) is 3. The molecule has 0 saturated carbocycles. The number of ether oxygens (including phenoxy) is 1. The predicted molar refractivity (Wildman–Crippen MR) is 131 cm³/mol. The maximum atomic E-state index is 12.1. The van der Waals surface area contributed by atoms with Crippen molar-refractivity contribution in [2.45, 2.75) is 0 Å². The molecule has 0 bridgehead atoms. The van der Waals surface area contributed by atoms with Crippen molar-refractivity contribution >= 4 is 62.8 Å². The van der Waals surface area contributed by atoms with Gasteiger partial charge in [-0.1, -0.05) is 57.9 Å². The lowest BCUT2D eigenvalue weighted by Gasteiger charge is -2.10. The molecule has 33 heavy (non-hydrogen) atoms. The lowest BCUT2D eigenvalue weighted by atomic mass is 10.2. The van der Waals surface area contributed by atoms with E-state index in [1.807, 2.05) is 18.2 Å². The Bertz CT molecular complexity index is 1190. The Hall–Kier alpha value is -3.69. The molecular weight excluding hydrogens is 512 g/mol. The summed E-state index contributed by atoms with van der Waals surface area (Å²) in [7, 11) is 0. The Kier molecular flexibility index (Phi) is 8.56. The van der Waals surface area contributed by atoms with Crippen LogP contribution in [0.4, 0.5) is 11.4 Å². The van der Waals surface area contributed by atoms with E-state index in [0.29, 0.717) is 27.7 Å². The molecule has 0 heterocycles. The third kappa shape index (κ3) is 7.44. The largest absolute Gasteiger partial charge is 0.483 e. The summed E-state index contributed by atoms with van der Waals surface area (Å²) in [6.45, 7) is -0.232. The van der Waals surface area contributed by atoms with Crippen molar-refractivity contribution in [1.82, 2.24) is 5.43 Å². The third-order valence-electron chi connectivity index (χ3n) is 4.09. The molecule has 0 fully saturated rings. The van der Waals surface area contributed by atoms with Gasteiger partial charge in [0.25, 0.3) is 5.91 Å². The van der Waals surface area contributed by atoms with Gasteiger partial charge in [0, 0.05) is 15.7 Å². The van der Waals surface area contributed by atoms with E-state index in [9.17, 15) is 14.4 Å². The van der Waals surface area contributed by atoms with Crippen LogP contribution in [0.25, 0.3) is 0 Å². The molecule has 10 heteroatoms. The summed E-state index contributed by atoms with van der Waals surface area (Å²) >= 11 is 9.31. The van der Waals surface area contributed by atoms with Crippen LogP contribution >= 0.6 is 27.5 Å². The number of rotatable bonds is 7. The number of anilines is 2. The lowest BCUT2D eigenvalue weighted by Crippen LogP contribution is -2.32. The fourth-order valence-electron chi connectivity index (χ4n) is 2.57. The van der Waals surface area contributed by atoms with Crippen molar-refractivity contribution < 1.29 is 19.1 Å². The average molecular weight is 530 g/mol. The molecule has 0 radical (unpaired) electrons. The Morgan fingerprint density at radius 2 is 1.67 bits per heavy atom. The average Bonchev–Trinajstić information content (AvgIpc) is 2.80. The number of benzene rings is 3. The number of halogens is 2. The van der Waals surface area contributed by atoms with E-state index < -0.39 is 11.8 Å². The number of nitrogens with zero attached hydrogens (tertiary/aromatic N) is 1. The number of amides is 3. The van der Waals surface area contributed by atoms with Gasteiger partial charge < -0.3 is 15.4 Å². The van der Waals surface area contributed by atoms with Crippen LogP contribution in [0.3, 0.4) is 0 Å². The van der Waals surface area contributed by atoms with Crippen molar-refractivity contribution in [3.8, 4) is 5.75 Å². The monoisotopic (exact) mass is 528 g/mol. The maximum absolute atomic E-state index is 12.1. The molecule has 168 valence electrons. The van der Waals surface area contributed by atoms with E-state index >= 15 is 0 Å². The highest BCUT2D eigenvalue weighted by atomic mass is 79.9. The molecule has 3 rings (SSSR count). The summed E-state index contributed by atoms with van der Waals surface area (Å²) in [5.41, 5.74) is 3.58. The fraction of sp³-hybridized carbons (Fsp3) is 0.0435. The van der Waals surface area contributed by atoms with Crippen molar-refractivity contribution in [2.75, 3.05) is 17.2 Å². The van der Waals surface area contributed by atoms with E-state index in [1.54, 1.807) is 54.6 Å². The van der Waals surface area contributed by atoms with Gasteiger partial charge in [-0.25, -0.2) is 5.43 Å². The SMILES string of the molecule is O=C(COc1ccc(Br)cc1/C=N\NC(=O)C(=O)Nc1ccccc1Cl)Nc1ccccc1. The summed E-state index contributed by atoms with van der Waals surface area (Å²) in [6.07, 6.45) is 1.30. The van der Waals surface area contributed by atoms with Crippen LogP contribution in [0.2, 0.25) is 5.02 Å². The van der Waals surface area contributed by atoms with E-state index in [4.69, 9.17) is 16.3 Å². The first-order valence-corrected chi connectivity index (χ1v) is 10.8. The first kappa shape index (κ1) is 24.0. The smallest absolute Gasteiger partial charge is 0.329 e. The maximum Gasteiger partial charge on any atom is 0.329 e. The van der Waals surface area contributed by atoms with Crippen LogP contribution in [-0.2, 0) is 14.4 Å². The molecule has 8 nitrogen and oxygen atoms in total. The quantitative estimate of drug-likeness (QED) is 0.242. The Morgan fingerprint density at radius 3 is 2.42 bits per heavy atom. The molecule has 0 saturated heterocycles. The summed E-state index contributed by atoms with van der Waals surface area (Å²) in [6, 6.07) is 20.6. The number of hydrazone groups is 1. The normalized spacial score (nSPS) is 10.5. The van der Waals surface area contributed by atoms with Gasteiger partial charge >= 0.3 is 11.8 Å². The van der Waals surface area contributed by atoms with E-state index in [-0.39, 0.29) is 12.5 Å². The zero-order valence-corrected chi connectivity index (χ0v) is 19.4. The molecule has 0 spiro atoms. The minimum atomic E-state index is -0.981. The zero-order chi connectivity index (χ0) is 23.6. The summed E-state index contributed by atoms with van der Waals surface area (Å²) in [4.78, 5) is 36.2. The van der Waals surface area contributed by atoms with Crippen molar-refractivity contribution in [3.05, 3.63) is 87.9 Å². The molecule has 0 aliphatic carbocycles. The van der Waals surface area contributed by atoms with Gasteiger partial charge in [-0.15, -0.1) is 0 Å². The van der Waals surface area contributed by atoms with Crippen LogP contribution in [0.5, 0.6) is 5.75 Å². The second kappa shape index (κ2) is 11.8. The topological polar surface area (TPSA) is 109 Å². The molecule has 3 aromatic rings. The highest BCUT2D eigenvalue weighted by Crippen LogP contribution is 2.22. The molecule has 0 unspecified atom stereocenters. The van der Waals surface area contributed by atoms with Crippen LogP contribution in [0, 0.1) is 0 Å². The zero-order valence-electron chi connectivity index (χ0n) is 17.0. The van der Waals surface area contributed by atoms with Crippen molar-refractivity contribution in [2.24, 2.45) is 5.10 Å². The van der Waals surface area contributed by atoms with Gasteiger partial charge in [-0.05, 0) is 42.5 Å². The van der Waals surface area contributed by atoms with Gasteiger partial charge in [0.15, 0.2) is 6.61 Å². The second-order valence-corrected chi connectivity index (χ2v) is 7.84. The van der Waals surface area contributed by atoms with Crippen LogP contribution in [0.1, 0.15) is 5.56 Å². The van der Waals surface area contributed by atoms with E-state index in [0.717, 1.165) is 4.47 Å². The van der Waals surface area contributed by atoms with Crippen molar-refractivity contribution in [1.29, 1.82) is 0 Å². The molecule has 3 amide bonds. The molecule has 0 atom stereocenters. The van der Waals surface area contributed by atoms with Crippen LogP contribution in [0.15, 0.2) is 82.4 Å². The third-order valence-corrected chi connectivity index (χ3v) is 4.91. The number of carbonyl (C=O) groups is 3. The Balaban J connectivity index is 1.58. The van der Waals surface area contributed by atoms with Gasteiger partial charge in [-0.2, -0.15) is 5.10 Å². The Labute approximate surface area is 203 Å². The molecule has 3 N–H and O–H groups in total. The lowest BCUT2D eigenvalue weighted by molar-refractivity contribution is -0.136. The number of hydrogen-bond acceptors (Lipinski definition) is 5. The van der Waals surface area contributed by atoms with Crippen molar-refractivity contribution in [3.63, 3.8) is 0 Å². The van der Waals surface area contributed by atoms with Crippen LogP contribution in [-0.4, -0.2) is 30.5 Å². The molecule has 0 aromatic heterocycles. The number of para-hydroxylation sites is 2. The molecule has 0 aliphatic rings. The highest BCUT2D eigenvalue weighted by Gasteiger charge is 2.14. The van der Waals surface area contributed by atoms with Gasteiger partial charge in [0.2, 0.25) is 0 Å². The molecule has 0 aliphatic heterocycles. The minimum absolute atomic E-state index is 0.232. The summed E-state index contributed by atoms with van der Waals surface area (Å²) in [5, 5.41) is 9.22. The molecule has 3 aromatic carbocycles. The van der Waals surface area contributed by atoms with E-state index in [1.165, 1.54) is 6.21 Å².